The summed E-state index contributed by atoms with van der Waals surface area (Å²) >= 11 is 0. The number of tetrazole rings is 1. The van der Waals surface area contributed by atoms with Gasteiger partial charge in [0.25, 0.3) is 0 Å². The number of rotatable bonds is 4. The highest BCUT2D eigenvalue weighted by atomic mass is 19.1. The number of halogens is 1. The Morgan fingerprint density at radius 3 is 2.74 bits per heavy atom. The molecule has 2 rings (SSSR count). The quantitative estimate of drug-likeness (QED) is 0.846. The monoisotopic (exact) mass is 265 g/mol. The van der Waals surface area contributed by atoms with Gasteiger partial charge in [-0.3, -0.25) is 0 Å². The molecule has 2 N–H and O–H groups in total. The fourth-order valence-electron chi connectivity index (χ4n) is 1.93. The number of aromatic nitrogens is 4. The average molecular weight is 265 g/mol. The van der Waals surface area contributed by atoms with Crippen LogP contribution in [-0.4, -0.2) is 33.9 Å². The van der Waals surface area contributed by atoms with E-state index in [1.54, 1.807) is 17.9 Å². The first-order chi connectivity index (χ1) is 8.94. The van der Waals surface area contributed by atoms with Crippen LogP contribution in [0.2, 0.25) is 0 Å². The first-order valence-corrected chi connectivity index (χ1v) is 5.78. The maximum absolute atomic E-state index is 13.4. The van der Waals surface area contributed by atoms with E-state index in [4.69, 9.17) is 10.5 Å². The van der Waals surface area contributed by atoms with Gasteiger partial charge in [-0.25, -0.2) is 9.07 Å². The van der Waals surface area contributed by atoms with E-state index >= 15 is 0 Å². The van der Waals surface area contributed by atoms with Gasteiger partial charge in [0, 0.05) is 18.4 Å². The lowest BCUT2D eigenvalue weighted by molar-refractivity contribution is 0.101. The third kappa shape index (κ3) is 2.70. The van der Waals surface area contributed by atoms with Crippen molar-refractivity contribution < 1.29 is 9.13 Å². The first-order valence-electron chi connectivity index (χ1n) is 5.78. The van der Waals surface area contributed by atoms with Crippen LogP contribution in [0.3, 0.4) is 0 Å². The van der Waals surface area contributed by atoms with Crippen LogP contribution in [0, 0.1) is 5.82 Å². The van der Waals surface area contributed by atoms with Crippen LogP contribution in [0.1, 0.15) is 13.8 Å². The van der Waals surface area contributed by atoms with Gasteiger partial charge in [-0.1, -0.05) is 0 Å². The smallest absolute Gasteiger partial charge is 0.182 e. The van der Waals surface area contributed by atoms with Crippen molar-refractivity contribution in [2.24, 2.45) is 0 Å². The average Bonchev–Trinajstić information content (AvgIpc) is 2.76. The largest absolute Gasteiger partial charge is 0.399 e. The molecular formula is C12H16FN5O. The third-order valence-electron chi connectivity index (χ3n) is 2.72. The molecule has 7 heteroatoms. The maximum atomic E-state index is 13.4. The molecule has 0 spiro atoms. The normalized spacial score (nSPS) is 11.8. The Balaban J connectivity index is 2.50. The van der Waals surface area contributed by atoms with Gasteiger partial charge in [-0.05, 0) is 42.5 Å². The van der Waals surface area contributed by atoms with Crippen molar-refractivity contribution in [3.63, 3.8) is 0 Å². The van der Waals surface area contributed by atoms with Gasteiger partial charge < -0.3 is 10.5 Å². The Morgan fingerprint density at radius 1 is 1.37 bits per heavy atom. The zero-order chi connectivity index (χ0) is 14.0. The Hall–Kier alpha value is -2.02. The van der Waals surface area contributed by atoms with Crippen molar-refractivity contribution in [1.29, 1.82) is 0 Å². The summed E-state index contributed by atoms with van der Waals surface area (Å²) in [6, 6.07) is 4.23. The predicted octanol–water partition coefficient (Wildman–Crippen LogP) is 1.44. The van der Waals surface area contributed by atoms with Gasteiger partial charge in [0.15, 0.2) is 5.82 Å². The molecule has 0 saturated heterocycles. The predicted molar refractivity (Wildman–Crippen MR) is 68.8 cm³/mol. The van der Waals surface area contributed by atoms with E-state index < -0.39 is 11.4 Å². The number of nitrogens with two attached hydrogens (primary N) is 1. The summed E-state index contributed by atoms with van der Waals surface area (Å²) in [5.41, 5.74) is 6.05. The van der Waals surface area contributed by atoms with Crippen LogP contribution in [0.4, 0.5) is 10.1 Å². The summed E-state index contributed by atoms with van der Waals surface area (Å²) in [6.45, 7) is 4.29. The minimum atomic E-state index is -0.450. The lowest BCUT2D eigenvalue weighted by Crippen LogP contribution is -2.33. The molecule has 19 heavy (non-hydrogen) atoms. The molecule has 1 heterocycles. The summed E-state index contributed by atoms with van der Waals surface area (Å²) in [6.07, 6.45) is 0. The fourth-order valence-corrected chi connectivity index (χ4v) is 1.93. The van der Waals surface area contributed by atoms with Crippen LogP contribution < -0.4 is 5.73 Å². The number of anilines is 1. The molecule has 6 nitrogen and oxygen atoms in total. The van der Waals surface area contributed by atoms with Crippen molar-refractivity contribution in [1.82, 2.24) is 20.2 Å². The second-order valence-electron chi connectivity index (χ2n) is 4.93. The number of nitrogen functional groups attached to an aromatic ring is 1. The molecule has 0 aliphatic rings. The minimum absolute atomic E-state index is 0.328. The van der Waals surface area contributed by atoms with Crippen molar-refractivity contribution in [2.45, 2.75) is 19.4 Å². The van der Waals surface area contributed by atoms with Gasteiger partial charge in [0.05, 0.1) is 12.1 Å². The van der Waals surface area contributed by atoms with Crippen molar-refractivity contribution in [2.75, 3.05) is 19.5 Å². The lowest BCUT2D eigenvalue weighted by atomic mass is 10.1. The minimum Gasteiger partial charge on any atom is -0.399 e. The van der Waals surface area contributed by atoms with Gasteiger partial charge >= 0.3 is 0 Å². The highest BCUT2D eigenvalue weighted by molar-refractivity contribution is 5.61. The molecule has 1 aromatic carbocycles. The zero-order valence-electron chi connectivity index (χ0n) is 11.1. The number of methoxy groups -OCH3 is 1. The summed E-state index contributed by atoms with van der Waals surface area (Å²) in [5.74, 6) is 0.0300. The van der Waals surface area contributed by atoms with Gasteiger partial charge in [0.2, 0.25) is 0 Å². The van der Waals surface area contributed by atoms with Gasteiger partial charge in [0.1, 0.15) is 5.82 Å². The molecule has 2 aromatic rings. The first kappa shape index (κ1) is 13.4. The highest BCUT2D eigenvalue weighted by Crippen LogP contribution is 2.25. The molecule has 0 unspecified atom stereocenters. The van der Waals surface area contributed by atoms with Crippen LogP contribution >= 0.6 is 0 Å². The summed E-state index contributed by atoms with van der Waals surface area (Å²) in [7, 11) is 1.60. The molecule has 0 radical (unpaired) electrons. The fraction of sp³-hybridized carbons (Fsp3) is 0.417. The van der Waals surface area contributed by atoms with E-state index in [0.29, 0.717) is 23.7 Å². The Bertz CT molecular complexity index is 561. The van der Waals surface area contributed by atoms with Gasteiger partial charge in [-0.15, -0.1) is 5.10 Å². The summed E-state index contributed by atoms with van der Waals surface area (Å²) in [5, 5.41) is 11.5. The van der Waals surface area contributed by atoms with Crippen molar-refractivity contribution >= 4 is 5.69 Å². The highest BCUT2D eigenvalue weighted by Gasteiger charge is 2.26. The van der Waals surface area contributed by atoms with Crippen molar-refractivity contribution in [3.8, 4) is 11.4 Å². The SMILES string of the molecule is COCC(C)(C)n1nnnc1-c1cc(N)cc(F)c1. The summed E-state index contributed by atoms with van der Waals surface area (Å²) in [4.78, 5) is 0. The molecule has 0 aliphatic heterocycles. The molecule has 0 amide bonds. The molecule has 0 bridgehead atoms. The topological polar surface area (TPSA) is 78.8 Å². The molecule has 102 valence electrons. The van der Waals surface area contributed by atoms with E-state index in [1.807, 2.05) is 13.8 Å². The van der Waals surface area contributed by atoms with E-state index in [1.165, 1.54) is 12.1 Å². The summed E-state index contributed by atoms with van der Waals surface area (Å²) < 4.78 is 20.2. The number of hydrogen-bond donors (Lipinski definition) is 1. The van der Waals surface area contributed by atoms with E-state index in [-0.39, 0.29) is 0 Å². The van der Waals surface area contributed by atoms with E-state index in [2.05, 4.69) is 15.5 Å². The zero-order valence-corrected chi connectivity index (χ0v) is 11.1. The van der Waals surface area contributed by atoms with Crippen LogP contribution in [0.5, 0.6) is 0 Å². The molecule has 0 fully saturated rings. The van der Waals surface area contributed by atoms with Crippen LogP contribution in [0.15, 0.2) is 18.2 Å². The standard InChI is InChI=1S/C12H16FN5O/c1-12(2,7-19-3)18-11(15-16-17-18)8-4-9(13)6-10(14)5-8/h4-6H,7,14H2,1-3H3. The molecular weight excluding hydrogens is 249 g/mol. The molecule has 0 saturated carbocycles. The van der Waals surface area contributed by atoms with Gasteiger partial charge in [-0.2, -0.15) is 0 Å². The van der Waals surface area contributed by atoms with E-state index in [0.717, 1.165) is 0 Å². The Morgan fingerprint density at radius 2 is 2.11 bits per heavy atom. The van der Waals surface area contributed by atoms with Crippen LogP contribution in [-0.2, 0) is 10.3 Å². The van der Waals surface area contributed by atoms with Crippen LogP contribution in [0.25, 0.3) is 11.4 Å². The number of hydrogen-bond acceptors (Lipinski definition) is 5. The van der Waals surface area contributed by atoms with E-state index in [9.17, 15) is 4.39 Å². The molecule has 1 aromatic heterocycles. The lowest BCUT2D eigenvalue weighted by Gasteiger charge is -2.24. The number of nitrogens with zero attached hydrogens (tertiary/aromatic N) is 4. The number of ether oxygens (including phenoxy) is 1. The second-order valence-corrected chi connectivity index (χ2v) is 4.93. The maximum Gasteiger partial charge on any atom is 0.182 e. The Kier molecular flexibility index (Phi) is 3.48. The van der Waals surface area contributed by atoms with Crippen molar-refractivity contribution in [3.05, 3.63) is 24.0 Å². The Labute approximate surface area is 110 Å². The second kappa shape index (κ2) is 4.93. The third-order valence-corrected chi connectivity index (χ3v) is 2.72. The molecule has 0 aliphatic carbocycles. The number of benzene rings is 1. The molecule has 0 atom stereocenters.